The van der Waals surface area contributed by atoms with Gasteiger partial charge in [0.1, 0.15) is 18.1 Å². The van der Waals surface area contributed by atoms with Crippen molar-refractivity contribution in [3.8, 4) is 16.9 Å². The Kier molecular flexibility index (Phi) is 6.69. The number of carbonyl (C=O) groups is 1. The fourth-order valence-electron chi connectivity index (χ4n) is 4.29. The van der Waals surface area contributed by atoms with Crippen molar-refractivity contribution in [1.82, 2.24) is 9.88 Å². The van der Waals surface area contributed by atoms with Gasteiger partial charge in [0, 0.05) is 19.3 Å². The van der Waals surface area contributed by atoms with Crippen molar-refractivity contribution in [3.05, 3.63) is 84.2 Å². The number of pyridine rings is 1. The summed E-state index contributed by atoms with van der Waals surface area (Å²) < 4.78 is 33.7. The van der Waals surface area contributed by atoms with Crippen molar-refractivity contribution >= 4 is 17.8 Å². The molecular formula is C26H25F2N5O3. The van der Waals surface area contributed by atoms with E-state index in [0.717, 1.165) is 34.9 Å². The summed E-state index contributed by atoms with van der Waals surface area (Å²) >= 11 is 0. The number of carboxylic acids is 1. The van der Waals surface area contributed by atoms with E-state index < -0.39 is 30.5 Å². The van der Waals surface area contributed by atoms with Gasteiger partial charge in [-0.3, -0.25) is 19.7 Å². The van der Waals surface area contributed by atoms with Gasteiger partial charge >= 0.3 is 0 Å². The number of carboxylic acid groups (broad SMARTS) is 1. The second-order valence-corrected chi connectivity index (χ2v) is 8.33. The molecule has 0 saturated carbocycles. The summed E-state index contributed by atoms with van der Waals surface area (Å²) in [6.45, 7) is -0.0758. The first-order chi connectivity index (χ1) is 17.2. The number of aliphatic imine (C=N–C) groups is 2. The normalized spacial score (nSPS) is 19.8. The molecule has 0 bridgehead atoms. The molecule has 2 aliphatic rings. The van der Waals surface area contributed by atoms with Crippen LogP contribution in [0.15, 0.2) is 83.0 Å². The highest BCUT2D eigenvalue weighted by Gasteiger charge is 2.53. The molecule has 1 unspecified atom stereocenters. The number of amidine groups is 1. The fraction of sp³-hybridized carbons (Fsp3) is 0.231. The van der Waals surface area contributed by atoms with E-state index in [-0.39, 0.29) is 5.96 Å². The zero-order valence-electron chi connectivity index (χ0n) is 19.7. The van der Waals surface area contributed by atoms with Crippen LogP contribution in [0.2, 0.25) is 0 Å². The molecule has 0 saturated heterocycles. The van der Waals surface area contributed by atoms with Gasteiger partial charge in [0.05, 0.1) is 13.7 Å². The van der Waals surface area contributed by atoms with Crippen LogP contribution in [0.25, 0.3) is 11.1 Å². The van der Waals surface area contributed by atoms with E-state index >= 15 is 0 Å². The molecule has 0 fully saturated rings. The van der Waals surface area contributed by atoms with Crippen LogP contribution in [0.1, 0.15) is 18.1 Å². The van der Waals surface area contributed by atoms with E-state index in [9.17, 15) is 8.78 Å². The van der Waals surface area contributed by atoms with Gasteiger partial charge in [0.15, 0.2) is 11.5 Å². The van der Waals surface area contributed by atoms with Crippen LogP contribution in [0, 0.1) is 0 Å². The highest BCUT2D eigenvalue weighted by atomic mass is 19.3. The number of alkyl halides is 2. The average Bonchev–Trinajstić information content (AvgIpc) is 3.16. The van der Waals surface area contributed by atoms with Crippen molar-refractivity contribution in [3.63, 3.8) is 0 Å². The number of nitrogens with two attached hydrogens (primary N) is 1. The molecule has 8 nitrogen and oxygen atoms in total. The number of rotatable bonds is 4. The van der Waals surface area contributed by atoms with Crippen molar-refractivity contribution in [1.29, 1.82) is 0 Å². The van der Waals surface area contributed by atoms with E-state index in [0.29, 0.717) is 5.84 Å². The van der Waals surface area contributed by atoms with Crippen molar-refractivity contribution < 1.29 is 23.4 Å². The predicted molar refractivity (Wildman–Crippen MR) is 132 cm³/mol. The monoisotopic (exact) mass is 493 g/mol. The summed E-state index contributed by atoms with van der Waals surface area (Å²) in [4.78, 5) is 23.5. The minimum Gasteiger partial charge on any atom is -0.497 e. The Morgan fingerprint density at radius 3 is 2.36 bits per heavy atom. The summed E-state index contributed by atoms with van der Waals surface area (Å²) in [7, 11) is 1.62. The largest absolute Gasteiger partial charge is 0.497 e. The van der Waals surface area contributed by atoms with Gasteiger partial charge in [-0.1, -0.05) is 30.3 Å². The SMILES string of the molecule is CC(=O)O.COc1cccc(-c2cccc(C3(c4ccncc4)N=C(N)N4CC(F)(F)CN=C43)c2)c1. The maximum absolute atomic E-state index is 14.1. The van der Waals surface area contributed by atoms with Gasteiger partial charge in [-0.2, -0.15) is 0 Å². The number of aliphatic carboxylic acids is 1. The Labute approximate surface area is 206 Å². The third-order valence-corrected chi connectivity index (χ3v) is 5.77. The molecule has 36 heavy (non-hydrogen) atoms. The summed E-state index contributed by atoms with van der Waals surface area (Å²) in [5.41, 5.74) is 8.46. The maximum Gasteiger partial charge on any atom is 0.300 e. The van der Waals surface area contributed by atoms with Crippen LogP contribution in [0.3, 0.4) is 0 Å². The van der Waals surface area contributed by atoms with E-state index in [1.807, 2.05) is 60.7 Å². The van der Waals surface area contributed by atoms with E-state index in [1.54, 1.807) is 19.5 Å². The van der Waals surface area contributed by atoms with E-state index in [1.165, 1.54) is 4.90 Å². The smallest absolute Gasteiger partial charge is 0.300 e. The molecule has 3 N–H and O–H groups in total. The minimum absolute atomic E-state index is 0.0201. The van der Waals surface area contributed by atoms with Crippen LogP contribution in [0.4, 0.5) is 8.78 Å². The van der Waals surface area contributed by atoms with Gasteiger partial charge < -0.3 is 15.6 Å². The van der Waals surface area contributed by atoms with Gasteiger partial charge in [-0.05, 0) is 52.6 Å². The number of aromatic nitrogens is 1. The molecule has 3 aromatic rings. The fourth-order valence-corrected chi connectivity index (χ4v) is 4.29. The average molecular weight is 494 g/mol. The Morgan fingerprint density at radius 1 is 1.06 bits per heavy atom. The number of hydrogen-bond acceptors (Lipinski definition) is 7. The number of methoxy groups -OCH3 is 1. The summed E-state index contributed by atoms with van der Waals surface area (Å²) in [6, 6.07) is 19.1. The Balaban J connectivity index is 0.000000709. The number of hydrogen-bond donors (Lipinski definition) is 2. The van der Waals surface area contributed by atoms with Crippen LogP contribution >= 0.6 is 0 Å². The molecular weight excluding hydrogens is 468 g/mol. The molecule has 186 valence electrons. The van der Waals surface area contributed by atoms with Crippen molar-refractivity contribution in [2.24, 2.45) is 15.7 Å². The lowest BCUT2D eigenvalue weighted by Crippen LogP contribution is -2.53. The third kappa shape index (κ3) is 4.74. The van der Waals surface area contributed by atoms with Crippen LogP contribution in [-0.4, -0.2) is 58.9 Å². The number of benzene rings is 2. The molecule has 2 aliphatic heterocycles. The second-order valence-electron chi connectivity index (χ2n) is 8.33. The first-order valence-electron chi connectivity index (χ1n) is 11.1. The molecule has 10 heteroatoms. The highest BCUT2D eigenvalue weighted by molar-refractivity contribution is 6.12. The Hall–Kier alpha value is -4.34. The first kappa shape index (κ1) is 24.8. The molecule has 1 aromatic heterocycles. The number of fused-ring (bicyclic) bond motifs is 1. The lowest BCUT2D eigenvalue weighted by atomic mass is 9.81. The first-order valence-corrected chi connectivity index (χ1v) is 11.1. The maximum atomic E-state index is 14.1. The Morgan fingerprint density at radius 2 is 1.69 bits per heavy atom. The quantitative estimate of drug-likeness (QED) is 0.572. The van der Waals surface area contributed by atoms with Gasteiger partial charge in [0.2, 0.25) is 0 Å². The van der Waals surface area contributed by atoms with Crippen LogP contribution in [0.5, 0.6) is 5.75 Å². The molecule has 2 aromatic carbocycles. The topological polar surface area (TPSA) is 113 Å². The molecule has 0 aliphatic carbocycles. The van der Waals surface area contributed by atoms with Crippen molar-refractivity contribution in [2.75, 3.05) is 20.2 Å². The van der Waals surface area contributed by atoms with Crippen LogP contribution < -0.4 is 10.5 Å². The molecule has 0 spiro atoms. The summed E-state index contributed by atoms with van der Waals surface area (Å²) in [5, 5.41) is 7.42. The zero-order chi connectivity index (χ0) is 25.9. The van der Waals surface area contributed by atoms with Gasteiger partial charge in [-0.25, -0.2) is 13.8 Å². The van der Waals surface area contributed by atoms with Crippen LogP contribution in [-0.2, 0) is 10.3 Å². The van der Waals surface area contributed by atoms with E-state index in [4.69, 9.17) is 25.4 Å². The lowest BCUT2D eigenvalue weighted by Gasteiger charge is -2.35. The summed E-state index contributed by atoms with van der Waals surface area (Å²) in [5.74, 6) is -2.65. The van der Waals surface area contributed by atoms with Gasteiger partial charge in [-0.15, -0.1) is 0 Å². The number of halogens is 2. The number of ether oxygens (including phenoxy) is 1. The summed E-state index contributed by atoms with van der Waals surface area (Å²) in [6.07, 6.45) is 3.30. The molecule has 0 amide bonds. The standard InChI is InChI=1S/C24H21F2N5O.C2H4O2/c1-32-20-7-3-5-17(13-20)16-4-2-6-19(12-16)24(18-8-10-28-11-9-18)21-29-14-23(25,26)15-31(21)22(27)30-24;1-2(3)4/h2-13H,14-15H2,1H3,(H2,27,30);1H3,(H,3,4). The number of guanidine groups is 1. The van der Waals surface area contributed by atoms with E-state index in [2.05, 4.69) is 9.98 Å². The Bertz CT molecular complexity index is 1330. The number of nitrogens with zero attached hydrogens (tertiary/aromatic N) is 4. The minimum atomic E-state index is -2.97. The molecule has 5 rings (SSSR count). The third-order valence-electron chi connectivity index (χ3n) is 5.77. The molecule has 0 radical (unpaired) electrons. The lowest BCUT2D eigenvalue weighted by molar-refractivity contribution is -0.134. The zero-order valence-corrected chi connectivity index (χ0v) is 19.7. The molecule has 3 heterocycles. The predicted octanol–water partition coefficient (Wildman–Crippen LogP) is 3.77. The molecule has 1 atom stereocenters. The van der Waals surface area contributed by atoms with Gasteiger partial charge in [0.25, 0.3) is 11.9 Å². The highest BCUT2D eigenvalue weighted by Crippen LogP contribution is 2.43. The van der Waals surface area contributed by atoms with Crippen molar-refractivity contribution in [2.45, 2.75) is 18.4 Å². The second kappa shape index (κ2) is 9.73.